The van der Waals surface area contributed by atoms with Crippen molar-refractivity contribution in [3.05, 3.63) is 72.6 Å². The summed E-state index contributed by atoms with van der Waals surface area (Å²) in [6.45, 7) is 9.51. The molecule has 9 heteroatoms. The Morgan fingerprint density at radius 3 is 1.71 bits per heavy atom. The number of allylic oxidation sites excluding steroid dienone is 1. The van der Waals surface area contributed by atoms with Crippen LogP contribution in [0.4, 0.5) is 22.7 Å². The highest BCUT2D eigenvalue weighted by Gasteiger charge is 2.44. The molecule has 4 rings (SSSR count). The Morgan fingerprint density at radius 1 is 0.868 bits per heavy atom. The first-order valence-electron chi connectivity index (χ1n) is 12.2. The normalized spacial score (nSPS) is 11.1. The molecule has 0 aliphatic rings. The van der Waals surface area contributed by atoms with E-state index in [0.717, 1.165) is 33.2 Å². The number of aryl methyl sites for hydroxylation is 2. The van der Waals surface area contributed by atoms with Crippen molar-refractivity contribution in [2.75, 3.05) is 22.1 Å². The van der Waals surface area contributed by atoms with Gasteiger partial charge in [-0.2, -0.15) is 0 Å². The first-order valence-corrected chi connectivity index (χ1v) is 12.2. The summed E-state index contributed by atoms with van der Waals surface area (Å²) < 4.78 is 0. The van der Waals surface area contributed by atoms with Crippen LogP contribution < -0.4 is 22.1 Å². The fraction of sp³-hybridized carbons (Fsp3) is 0.241. The maximum Gasteiger partial charge on any atom is 0.240 e. The van der Waals surface area contributed by atoms with Crippen LogP contribution in [0.2, 0.25) is 0 Å². The Balaban J connectivity index is 0.00000400. The number of carbonyl (C=O) groups is 2. The van der Waals surface area contributed by atoms with Gasteiger partial charge in [0.15, 0.2) is 0 Å². The molecule has 8 nitrogen and oxygen atoms in total. The summed E-state index contributed by atoms with van der Waals surface area (Å²) in [5.74, 6) is -0.829. The molecule has 0 saturated heterocycles. The van der Waals surface area contributed by atoms with Crippen molar-refractivity contribution in [2.24, 2.45) is 5.41 Å². The van der Waals surface area contributed by atoms with Crippen molar-refractivity contribution in [2.45, 2.75) is 40.0 Å². The SMILES string of the molecule is C=CCC(CCC)(C(=O)Nc1ccc2nc(C)cc(N)c2c1)C(=O)Nc1ccc2nc(C)cc(N)c2c1.Cl. The number of fused-ring (bicyclic) bond motifs is 2. The number of hydrogen-bond donors (Lipinski definition) is 4. The number of nitrogens with zero attached hydrogens (tertiary/aromatic N) is 2. The van der Waals surface area contributed by atoms with Gasteiger partial charge in [-0.3, -0.25) is 19.6 Å². The van der Waals surface area contributed by atoms with E-state index in [9.17, 15) is 9.59 Å². The molecular formula is C29H33ClN6O2. The smallest absolute Gasteiger partial charge is 0.240 e. The largest absolute Gasteiger partial charge is 0.398 e. The molecule has 0 radical (unpaired) electrons. The number of benzene rings is 2. The molecule has 0 unspecified atom stereocenters. The zero-order valence-electron chi connectivity index (χ0n) is 21.8. The summed E-state index contributed by atoms with van der Waals surface area (Å²) in [5, 5.41) is 7.34. The molecule has 0 fully saturated rings. The Kier molecular flexibility index (Phi) is 8.58. The number of pyridine rings is 2. The van der Waals surface area contributed by atoms with E-state index in [1.54, 1.807) is 54.6 Å². The van der Waals surface area contributed by atoms with E-state index in [0.29, 0.717) is 35.6 Å². The lowest BCUT2D eigenvalue weighted by Gasteiger charge is -2.30. The average molecular weight is 533 g/mol. The summed E-state index contributed by atoms with van der Waals surface area (Å²) in [5.41, 5.74) is 16.3. The van der Waals surface area contributed by atoms with Crippen LogP contribution in [0.15, 0.2) is 61.2 Å². The predicted octanol–water partition coefficient (Wildman–Crippen LogP) is 5.93. The Morgan fingerprint density at radius 2 is 1.32 bits per heavy atom. The van der Waals surface area contributed by atoms with Crippen LogP contribution >= 0.6 is 12.4 Å². The van der Waals surface area contributed by atoms with Crippen molar-refractivity contribution in [3.8, 4) is 0 Å². The van der Waals surface area contributed by atoms with Gasteiger partial charge in [-0.1, -0.05) is 19.4 Å². The van der Waals surface area contributed by atoms with E-state index in [2.05, 4.69) is 27.2 Å². The van der Waals surface area contributed by atoms with Gasteiger partial charge < -0.3 is 22.1 Å². The molecule has 4 aromatic rings. The maximum atomic E-state index is 13.7. The van der Waals surface area contributed by atoms with E-state index in [1.165, 1.54) is 0 Å². The summed E-state index contributed by atoms with van der Waals surface area (Å²) in [7, 11) is 0. The zero-order chi connectivity index (χ0) is 26.7. The van der Waals surface area contributed by atoms with Gasteiger partial charge in [-0.05, 0) is 75.2 Å². The second kappa shape index (κ2) is 11.5. The molecule has 0 spiro atoms. The maximum absolute atomic E-state index is 13.7. The van der Waals surface area contributed by atoms with Gasteiger partial charge in [0.05, 0.1) is 11.0 Å². The fourth-order valence-corrected chi connectivity index (χ4v) is 4.73. The first-order chi connectivity index (χ1) is 17.7. The topological polar surface area (TPSA) is 136 Å². The van der Waals surface area contributed by atoms with Crippen LogP contribution in [0.3, 0.4) is 0 Å². The van der Waals surface area contributed by atoms with Crippen molar-refractivity contribution in [1.29, 1.82) is 0 Å². The summed E-state index contributed by atoms with van der Waals surface area (Å²) >= 11 is 0. The van der Waals surface area contributed by atoms with Crippen LogP contribution in [0.5, 0.6) is 0 Å². The number of aromatic nitrogens is 2. The number of hydrogen-bond acceptors (Lipinski definition) is 6. The van der Waals surface area contributed by atoms with Crippen LogP contribution in [-0.4, -0.2) is 21.8 Å². The van der Waals surface area contributed by atoms with Gasteiger partial charge >= 0.3 is 0 Å². The second-order valence-electron chi connectivity index (χ2n) is 9.40. The molecule has 2 amide bonds. The fourth-order valence-electron chi connectivity index (χ4n) is 4.73. The van der Waals surface area contributed by atoms with Gasteiger partial charge in [0, 0.05) is 44.9 Å². The number of amides is 2. The van der Waals surface area contributed by atoms with Gasteiger partial charge in [0.2, 0.25) is 11.8 Å². The molecular weight excluding hydrogens is 500 g/mol. The minimum atomic E-state index is -1.37. The predicted molar refractivity (Wildman–Crippen MR) is 158 cm³/mol. The summed E-state index contributed by atoms with van der Waals surface area (Å²) in [6.07, 6.45) is 2.73. The van der Waals surface area contributed by atoms with Crippen molar-refractivity contribution in [1.82, 2.24) is 9.97 Å². The van der Waals surface area contributed by atoms with Crippen molar-refractivity contribution in [3.63, 3.8) is 0 Å². The molecule has 2 aromatic carbocycles. The van der Waals surface area contributed by atoms with Gasteiger partial charge in [0.25, 0.3) is 0 Å². The molecule has 6 N–H and O–H groups in total. The molecule has 2 heterocycles. The standard InChI is InChI=1S/C29H32N6O2.ClH/c1-5-11-29(12-6-2,27(36)34-19-7-9-25-21(15-19)23(30)13-17(3)32-25)28(37)35-20-8-10-26-22(16-20)24(31)14-18(4)33-26;/h5,7-10,13-16H,1,6,11-12H2,2-4H3,(H2,30,32)(H2,31,33)(H,34,36)(H,35,37);1H. The molecule has 0 aliphatic carbocycles. The average Bonchev–Trinajstić information content (AvgIpc) is 2.84. The minimum Gasteiger partial charge on any atom is -0.398 e. The third-order valence-electron chi connectivity index (χ3n) is 6.49. The number of rotatable bonds is 8. The first kappa shape index (κ1) is 28.4. The third-order valence-corrected chi connectivity index (χ3v) is 6.49. The van der Waals surface area contributed by atoms with E-state index >= 15 is 0 Å². The molecule has 38 heavy (non-hydrogen) atoms. The number of halogens is 1. The van der Waals surface area contributed by atoms with Gasteiger partial charge in [-0.15, -0.1) is 19.0 Å². The van der Waals surface area contributed by atoms with Crippen molar-refractivity contribution >= 4 is 68.8 Å². The van der Waals surface area contributed by atoms with E-state index < -0.39 is 17.2 Å². The zero-order valence-corrected chi connectivity index (χ0v) is 22.6. The van der Waals surface area contributed by atoms with E-state index in [1.807, 2.05) is 20.8 Å². The molecule has 0 aliphatic heterocycles. The lowest BCUT2D eigenvalue weighted by molar-refractivity contribution is -0.137. The number of anilines is 4. The minimum absolute atomic E-state index is 0. The molecule has 0 atom stereocenters. The quantitative estimate of drug-likeness (QED) is 0.164. The third kappa shape index (κ3) is 5.55. The molecule has 198 valence electrons. The van der Waals surface area contributed by atoms with Crippen LogP contribution in [0.1, 0.15) is 37.6 Å². The monoisotopic (exact) mass is 532 g/mol. The highest BCUT2D eigenvalue weighted by molar-refractivity contribution is 6.15. The van der Waals surface area contributed by atoms with Gasteiger partial charge in [0.1, 0.15) is 5.41 Å². The van der Waals surface area contributed by atoms with E-state index in [4.69, 9.17) is 11.5 Å². The highest BCUT2D eigenvalue weighted by atomic mass is 35.5. The van der Waals surface area contributed by atoms with E-state index in [-0.39, 0.29) is 18.8 Å². The lowest BCUT2D eigenvalue weighted by atomic mass is 9.78. The Bertz CT molecular complexity index is 1430. The number of nitrogens with two attached hydrogens (primary N) is 2. The Hall–Kier alpha value is -4.17. The molecule has 2 aromatic heterocycles. The Labute approximate surface area is 228 Å². The number of carbonyl (C=O) groups excluding carboxylic acids is 2. The molecule has 0 saturated carbocycles. The number of nitrogens with one attached hydrogen (secondary N) is 2. The van der Waals surface area contributed by atoms with Crippen LogP contribution in [0, 0.1) is 19.3 Å². The highest BCUT2D eigenvalue weighted by Crippen LogP contribution is 2.34. The lowest BCUT2D eigenvalue weighted by Crippen LogP contribution is -2.46. The molecule has 0 bridgehead atoms. The van der Waals surface area contributed by atoms with Gasteiger partial charge in [-0.25, -0.2) is 0 Å². The van der Waals surface area contributed by atoms with Crippen LogP contribution in [0.25, 0.3) is 21.8 Å². The van der Waals surface area contributed by atoms with Crippen LogP contribution in [-0.2, 0) is 9.59 Å². The summed E-state index contributed by atoms with van der Waals surface area (Å²) in [6, 6.07) is 14.3. The second-order valence-corrected chi connectivity index (χ2v) is 9.40. The van der Waals surface area contributed by atoms with Crippen molar-refractivity contribution < 1.29 is 9.59 Å². The summed E-state index contributed by atoms with van der Waals surface area (Å²) in [4.78, 5) is 36.4. The number of nitrogen functional groups attached to an aromatic ring is 2.